The zero-order valence-electron chi connectivity index (χ0n) is 13.0. The van der Waals surface area contributed by atoms with Crippen molar-refractivity contribution < 1.29 is 13.2 Å². The minimum atomic E-state index is -2.97. The SMILES string of the molecule is CNC(C)c1ccccc1OC1CCCC(S(C)(=O)=O)C1. The lowest BCUT2D eigenvalue weighted by atomic mass is 9.97. The summed E-state index contributed by atoms with van der Waals surface area (Å²) in [5.41, 5.74) is 1.11. The Morgan fingerprint density at radius 3 is 2.67 bits per heavy atom. The molecule has 3 atom stereocenters. The first-order valence-electron chi connectivity index (χ1n) is 7.53. The Hall–Kier alpha value is -1.07. The molecule has 3 unspecified atom stereocenters. The molecule has 0 radical (unpaired) electrons. The molecule has 1 saturated carbocycles. The number of rotatable bonds is 5. The molecule has 1 aromatic rings. The van der Waals surface area contributed by atoms with Crippen LogP contribution in [0.3, 0.4) is 0 Å². The lowest BCUT2D eigenvalue weighted by molar-refractivity contribution is 0.154. The maximum absolute atomic E-state index is 11.7. The number of sulfone groups is 1. The number of para-hydroxylation sites is 1. The Morgan fingerprint density at radius 2 is 2.00 bits per heavy atom. The first-order chi connectivity index (χ1) is 9.91. The fraction of sp³-hybridized carbons (Fsp3) is 0.625. The van der Waals surface area contributed by atoms with E-state index in [9.17, 15) is 8.42 Å². The highest BCUT2D eigenvalue weighted by atomic mass is 32.2. The highest BCUT2D eigenvalue weighted by Gasteiger charge is 2.30. The molecule has 0 bridgehead atoms. The fourth-order valence-electron chi connectivity index (χ4n) is 2.88. The smallest absolute Gasteiger partial charge is 0.150 e. The second kappa shape index (κ2) is 6.79. The number of benzene rings is 1. The predicted molar refractivity (Wildman–Crippen MR) is 85.4 cm³/mol. The number of hydrogen-bond acceptors (Lipinski definition) is 4. The fourth-order valence-corrected chi connectivity index (χ4v) is 4.04. The van der Waals surface area contributed by atoms with E-state index < -0.39 is 9.84 Å². The van der Waals surface area contributed by atoms with Crippen molar-refractivity contribution in [3.63, 3.8) is 0 Å². The first kappa shape index (κ1) is 16.3. The molecule has 1 N–H and O–H groups in total. The number of ether oxygens (including phenoxy) is 1. The van der Waals surface area contributed by atoms with Gasteiger partial charge in [-0.15, -0.1) is 0 Å². The van der Waals surface area contributed by atoms with Crippen LogP contribution < -0.4 is 10.1 Å². The third-order valence-electron chi connectivity index (χ3n) is 4.30. The normalized spacial score (nSPS) is 24.5. The van der Waals surface area contributed by atoms with E-state index >= 15 is 0 Å². The van der Waals surface area contributed by atoms with Crippen LogP contribution in [-0.4, -0.2) is 33.1 Å². The molecular weight excluding hydrogens is 286 g/mol. The van der Waals surface area contributed by atoms with Gasteiger partial charge in [0.25, 0.3) is 0 Å². The summed E-state index contributed by atoms with van der Waals surface area (Å²) in [4.78, 5) is 0. The average Bonchev–Trinajstić information content (AvgIpc) is 2.46. The van der Waals surface area contributed by atoms with E-state index in [-0.39, 0.29) is 17.4 Å². The van der Waals surface area contributed by atoms with Crippen LogP contribution in [-0.2, 0) is 9.84 Å². The van der Waals surface area contributed by atoms with E-state index in [0.29, 0.717) is 6.42 Å². The van der Waals surface area contributed by atoms with Gasteiger partial charge >= 0.3 is 0 Å². The summed E-state index contributed by atoms with van der Waals surface area (Å²) in [5.74, 6) is 0.860. The van der Waals surface area contributed by atoms with Crippen molar-refractivity contribution in [2.45, 2.75) is 50.0 Å². The summed E-state index contributed by atoms with van der Waals surface area (Å²) in [6.45, 7) is 2.09. The standard InChI is InChI=1S/C16H25NO3S/c1-12(17-2)15-9-4-5-10-16(15)20-13-7-6-8-14(11-13)21(3,18)19/h4-5,9-10,12-14,17H,6-8,11H2,1-3H3. The van der Waals surface area contributed by atoms with E-state index in [0.717, 1.165) is 30.6 Å². The summed E-state index contributed by atoms with van der Waals surface area (Å²) >= 11 is 0. The Morgan fingerprint density at radius 1 is 1.29 bits per heavy atom. The quantitative estimate of drug-likeness (QED) is 0.908. The van der Waals surface area contributed by atoms with Crippen LogP contribution in [0.5, 0.6) is 5.75 Å². The van der Waals surface area contributed by atoms with Crippen molar-refractivity contribution in [3.05, 3.63) is 29.8 Å². The highest BCUT2D eigenvalue weighted by Crippen LogP contribution is 2.31. The molecule has 1 aromatic carbocycles. The maximum Gasteiger partial charge on any atom is 0.150 e. The van der Waals surface area contributed by atoms with Gasteiger partial charge in [-0.3, -0.25) is 0 Å². The van der Waals surface area contributed by atoms with E-state index in [1.54, 1.807) is 0 Å². The summed E-state index contributed by atoms with van der Waals surface area (Å²) in [5, 5.41) is 2.96. The molecule has 21 heavy (non-hydrogen) atoms. The lowest BCUT2D eigenvalue weighted by Crippen LogP contribution is -2.33. The zero-order valence-corrected chi connectivity index (χ0v) is 13.8. The Labute approximate surface area is 127 Å². The molecule has 1 fully saturated rings. The largest absolute Gasteiger partial charge is 0.490 e. The van der Waals surface area contributed by atoms with Crippen LogP contribution in [0, 0.1) is 0 Å². The molecule has 1 aliphatic rings. The molecule has 1 aliphatic carbocycles. The molecule has 0 amide bonds. The summed E-state index contributed by atoms with van der Waals surface area (Å²) in [6, 6.07) is 8.17. The minimum Gasteiger partial charge on any atom is -0.490 e. The van der Waals surface area contributed by atoms with Gasteiger partial charge in [0.05, 0.1) is 11.4 Å². The van der Waals surface area contributed by atoms with Crippen LogP contribution >= 0.6 is 0 Å². The van der Waals surface area contributed by atoms with Gasteiger partial charge in [0.2, 0.25) is 0 Å². The van der Waals surface area contributed by atoms with E-state index in [1.807, 2.05) is 31.3 Å². The van der Waals surface area contributed by atoms with Crippen LogP contribution in [0.25, 0.3) is 0 Å². The molecule has 0 heterocycles. The predicted octanol–water partition coefficient (Wildman–Crippen LogP) is 2.70. The molecule has 0 spiro atoms. The lowest BCUT2D eigenvalue weighted by Gasteiger charge is -2.29. The van der Waals surface area contributed by atoms with Gasteiger partial charge in [-0.25, -0.2) is 8.42 Å². The number of nitrogens with one attached hydrogen (secondary N) is 1. The van der Waals surface area contributed by atoms with Gasteiger partial charge in [-0.05, 0) is 39.3 Å². The van der Waals surface area contributed by atoms with Crippen molar-refractivity contribution >= 4 is 9.84 Å². The third kappa shape index (κ3) is 4.20. The zero-order chi connectivity index (χ0) is 15.5. The molecule has 118 valence electrons. The first-order valence-corrected chi connectivity index (χ1v) is 9.49. The van der Waals surface area contributed by atoms with Crippen LogP contribution in [0.1, 0.15) is 44.2 Å². The van der Waals surface area contributed by atoms with E-state index in [1.165, 1.54) is 6.26 Å². The second-order valence-electron chi connectivity index (χ2n) is 5.91. The molecular formula is C16H25NO3S. The van der Waals surface area contributed by atoms with Gasteiger partial charge in [-0.2, -0.15) is 0 Å². The van der Waals surface area contributed by atoms with E-state index in [4.69, 9.17) is 4.74 Å². The van der Waals surface area contributed by atoms with Crippen LogP contribution in [0.2, 0.25) is 0 Å². The van der Waals surface area contributed by atoms with Gasteiger partial charge in [0.1, 0.15) is 15.6 Å². The van der Waals surface area contributed by atoms with Crippen LogP contribution in [0.15, 0.2) is 24.3 Å². The summed E-state index contributed by atoms with van der Waals surface area (Å²) in [6.07, 6.45) is 4.51. The topological polar surface area (TPSA) is 55.4 Å². The Bertz CT molecular complexity index is 571. The average molecular weight is 311 g/mol. The Kier molecular flexibility index (Phi) is 5.27. The van der Waals surface area contributed by atoms with Crippen LogP contribution in [0.4, 0.5) is 0 Å². The van der Waals surface area contributed by atoms with Crippen molar-refractivity contribution in [3.8, 4) is 5.75 Å². The van der Waals surface area contributed by atoms with Gasteiger partial charge < -0.3 is 10.1 Å². The number of hydrogen-bond donors (Lipinski definition) is 1. The molecule has 0 aromatic heterocycles. The maximum atomic E-state index is 11.7. The third-order valence-corrected chi connectivity index (χ3v) is 5.93. The molecule has 0 aliphatic heterocycles. The van der Waals surface area contributed by atoms with Crippen molar-refractivity contribution in [1.29, 1.82) is 0 Å². The highest BCUT2D eigenvalue weighted by molar-refractivity contribution is 7.91. The van der Waals surface area contributed by atoms with Crippen molar-refractivity contribution in [2.75, 3.05) is 13.3 Å². The van der Waals surface area contributed by atoms with Crippen molar-refractivity contribution in [1.82, 2.24) is 5.32 Å². The van der Waals surface area contributed by atoms with Gasteiger partial charge in [0.15, 0.2) is 0 Å². The molecule has 0 saturated heterocycles. The summed E-state index contributed by atoms with van der Waals surface area (Å²) in [7, 11) is -1.06. The van der Waals surface area contributed by atoms with Gasteiger partial charge in [0, 0.05) is 24.3 Å². The molecule has 2 rings (SSSR count). The molecule has 4 nitrogen and oxygen atoms in total. The second-order valence-corrected chi connectivity index (χ2v) is 8.23. The minimum absolute atomic E-state index is 0.0105. The Balaban J connectivity index is 2.11. The summed E-state index contributed by atoms with van der Waals surface area (Å²) < 4.78 is 29.6. The van der Waals surface area contributed by atoms with E-state index in [2.05, 4.69) is 12.2 Å². The van der Waals surface area contributed by atoms with Crippen molar-refractivity contribution in [2.24, 2.45) is 0 Å². The van der Waals surface area contributed by atoms with Gasteiger partial charge in [-0.1, -0.05) is 18.2 Å². The molecule has 5 heteroatoms. The monoisotopic (exact) mass is 311 g/mol.